The molecule has 2 rings (SSSR count). The fourth-order valence-corrected chi connectivity index (χ4v) is 3.25. The highest BCUT2D eigenvalue weighted by Crippen LogP contribution is 2.30. The van der Waals surface area contributed by atoms with Crippen LogP contribution in [0.15, 0.2) is 24.3 Å². The molecule has 3 unspecified atom stereocenters. The van der Waals surface area contributed by atoms with Crippen molar-refractivity contribution < 1.29 is 4.74 Å². The molecule has 20 heavy (non-hydrogen) atoms. The molecule has 1 fully saturated rings. The Morgan fingerprint density at radius 2 is 2.15 bits per heavy atom. The summed E-state index contributed by atoms with van der Waals surface area (Å²) in [4.78, 5) is 2.52. The SMILES string of the molecule is CCC(N)C(c1ccccc1C)N1CCCC(OC)C1. The number of nitrogens with zero attached hydrogens (tertiary/aromatic N) is 1. The van der Waals surface area contributed by atoms with E-state index in [0.29, 0.717) is 12.1 Å². The number of rotatable bonds is 5. The van der Waals surface area contributed by atoms with Crippen molar-refractivity contribution in [1.82, 2.24) is 4.90 Å². The lowest BCUT2D eigenvalue weighted by Crippen LogP contribution is -2.47. The lowest BCUT2D eigenvalue weighted by atomic mass is 9.91. The van der Waals surface area contributed by atoms with Gasteiger partial charge in [-0.05, 0) is 43.9 Å². The van der Waals surface area contributed by atoms with E-state index in [-0.39, 0.29) is 6.04 Å². The van der Waals surface area contributed by atoms with Crippen molar-refractivity contribution in [2.24, 2.45) is 5.73 Å². The highest BCUT2D eigenvalue weighted by Gasteiger charge is 2.30. The van der Waals surface area contributed by atoms with Gasteiger partial charge in [-0.1, -0.05) is 31.2 Å². The molecule has 0 radical (unpaired) electrons. The number of ether oxygens (including phenoxy) is 1. The summed E-state index contributed by atoms with van der Waals surface area (Å²) in [5, 5.41) is 0. The third-order valence-electron chi connectivity index (χ3n) is 4.52. The smallest absolute Gasteiger partial charge is 0.0698 e. The van der Waals surface area contributed by atoms with Crippen LogP contribution in [0.2, 0.25) is 0 Å². The van der Waals surface area contributed by atoms with Crippen LogP contribution in [0.1, 0.15) is 43.4 Å². The first kappa shape index (κ1) is 15.5. The Morgan fingerprint density at radius 3 is 2.80 bits per heavy atom. The van der Waals surface area contributed by atoms with Crippen LogP contribution in [-0.2, 0) is 4.74 Å². The monoisotopic (exact) mass is 276 g/mol. The predicted molar refractivity (Wildman–Crippen MR) is 83.8 cm³/mol. The van der Waals surface area contributed by atoms with E-state index in [1.807, 2.05) is 7.11 Å². The third kappa shape index (κ3) is 3.40. The van der Waals surface area contributed by atoms with Gasteiger partial charge in [0.2, 0.25) is 0 Å². The van der Waals surface area contributed by atoms with Crippen LogP contribution < -0.4 is 5.73 Å². The number of hydrogen-bond acceptors (Lipinski definition) is 3. The molecule has 0 aromatic heterocycles. The van der Waals surface area contributed by atoms with Crippen molar-refractivity contribution in [2.45, 2.75) is 51.3 Å². The maximum Gasteiger partial charge on any atom is 0.0698 e. The Kier molecular flexibility index (Phi) is 5.58. The topological polar surface area (TPSA) is 38.5 Å². The van der Waals surface area contributed by atoms with Crippen LogP contribution in [0.25, 0.3) is 0 Å². The molecule has 1 aliphatic rings. The van der Waals surface area contributed by atoms with Crippen molar-refractivity contribution in [2.75, 3.05) is 20.2 Å². The van der Waals surface area contributed by atoms with Crippen LogP contribution in [0.4, 0.5) is 0 Å². The van der Waals surface area contributed by atoms with E-state index in [0.717, 1.165) is 25.9 Å². The molecule has 3 heteroatoms. The van der Waals surface area contributed by atoms with Gasteiger partial charge in [-0.2, -0.15) is 0 Å². The van der Waals surface area contributed by atoms with Gasteiger partial charge < -0.3 is 10.5 Å². The maximum absolute atomic E-state index is 6.45. The molecule has 1 aromatic rings. The Balaban J connectivity index is 2.26. The summed E-state index contributed by atoms with van der Waals surface area (Å²) in [6, 6.07) is 9.11. The molecule has 0 saturated carbocycles. The summed E-state index contributed by atoms with van der Waals surface area (Å²) in [5.74, 6) is 0. The minimum Gasteiger partial charge on any atom is -0.380 e. The van der Waals surface area contributed by atoms with Crippen LogP contribution in [0.5, 0.6) is 0 Å². The van der Waals surface area contributed by atoms with E-state index in [4.69, 9.17) is 10.5 Å². The van der Waals surface area contributed by atoms with Gasteiger partial charge >= 0.3 is 0 Å². The van der Waals surface area contributed by atoms with Gasteiger partial charge in [0.1, 0.15) is 0 Å². The molecule has 3 atom stereocenters. The summed E-state index contributed by atoms with van der Waals surface area (Å²) < 4.78 is 5.57. The quantitative estimate of drug-likeness (QED) is 0.898. The molecule has 1 aliphatic heterocycles. The number of aryl methyl sites for hydroxylation is 1. The number of likely N-dealkylation sites (tertiary alicyclic amines) is 1. The van der Waals surface area contributed by atoms with Gasteiger partial charge in [0.05, 0.1) is 12.1 Å². The normalized spacial score (nSPS) is 23.5. The van der Waals surface area contributed by atoms with E-state index in [1.165, 1.54) is 17.5 Å². The maximum atomic E-state index is 6.45. The summed E-state index contributed by atoms with van der Waals surface area (Å²) in [6.45, 7) is 6.46. The first-order valence-electron chi connectivity index (χ1n) is 7.75. The number of nitrogens with two attached hydrogens (primary N) is 1. The van der Waals surface area contributed by atoms with Gasteiger partial charge in [-0.3, -0.25) is 4.90 Å². The fraction of sp³-hybridized carbons (Fsp3) is 0.647. The van der Waals surface area contributed by atoms with Gasteiger partial charge in [-0.15, -0.1) is 0 Å². The van der Waals surface area contributed by atoms with Gasteiger partial charge in [0.25, 0.3) is 0 Å². The molecule has 0 aliphatic carbocycles. The molecule has 1 saturated heterocycles. The average Bonchev–Trinajstić information content (AvgIpc) is 2.49. The molecule has 2 N–H and O–H groups in total. The molecule has 0 amide bonds. The number of hydrogen-bond donors (Lipinski definition) is 1. The standard InChI is InChI=1S/C17H28N2O/c1-4-16(18)17(15-10-6-5-8-13(15)2)19-11-7-9-14(12-19)20-3/h5-6,8,10,14,16-17H,4,7,9,11-12,18H2,1-3H3. The van der Waals surface area contributed by atoms with E-state index in [2.05, 4.69) is 43.0 Å². The second kappa shape index (κ2) is 7.21. The largest absolute Gasteiger partial charge is 0.380 e. The van der Waals surface area contributed by atoms with Crippen molar-refractivity contribution >= 4 is 0 Å². The molecular formula is C17H28N2O. The summed E-state index contributed by atoms with van der Waals surface area (Å²) in [7, 11) is 1.82. The Labute approximate surface area is 123 Å². The van der Waals surface area contributed by atoms with E-state index >= 15 is 0 Å². The molecule has 1 aromatic carbocycles. The highest BCUT2D eigenvalue weighted by molar-refractivity contribution is 5.30. The Bertz CT molecular complexity index is 421. The zero-order chi connectivity index (χ0) is 14.5. The number of benzene rings is 1. The van der Waals surface area contributed by atoms with Gasteiger partial charge in [0.15, 0.2) is 0 Å². The summed E-state index contributed by atoms with van der Waals surface area (Å²) in [6.07, 6.45) is 3.69. The second-order valence-corrected chi connectivity index (χ2v) is 5.87. The molecule has 112 valence electrons. The van der Waals surface area contributed by atoms with Crippen molar-refractivity contribution in [3.8, 4) is 0 Å². The van der Waals surface area contributed by atoms with Gasteiger partial charge in [-0.25, -0.2) is 0 Å². The molecule has 0 bridgehead atoms. The van der Waals surface area contributed by atoms with Crippen molar-refractivity contribution in [3.63, 3.8) is 0 Å². The van der Waals surface area contributed by atoms with E-state index < -0.39 is 0 Å². The fourth-order valence-electron chi connectivity index (χ4n) is 3.25. The third-order valence-corrected chi connectivity index (χ3v) is 4.52. The summed E-state index contributed by atoms with van der Waals surface area (Å²) >= 11 is 0. The van der Waals surface area contributed by atoms with Crippen LogP contribution in [0, 0.1) is 6.92 Å². The molecular weight excluding hydrogens is 248 g/mol. The van der Waals surface area contributed by atoms with Crippen molar-refractivity contribution in [1.29, 1.82) is 0 Å². The first-order chi connectivity index (χ1) is 9.67. The van der Waals surface area contributed by atoms with Gasteiger partial charge in [0, 0.05) is 19.7 Å². The highest BCUT2D eigenvalue weighted by atomic mass is 16.5. The number of piperidine rings is 1. The zero-order valence-corrected chi connectivity index (χ0v) is 13.0. The van der Waals surface area contributed by atoms with Crippen molar-refractivity contribution in [3.05, 3.63) is 35.4 Å². The minimum absolute atomic E-state index is 0.173. The average molecular weight is 276 g/mol. The van der Waals surface area contributed by atoms with E-state index in [9.17, 15) is 0 Å². The lowest BCUT2D eigenvalue weighted by Gasteiger charge is -2.41. The van der Waals surface area contributed by atoms with Crippen LogP contribution >= 0.6 is 0 Å². The Hall–Kier alpha value is -0.900. The predicted octanol–water partition coefficient (Wildman–Crippen LogP) is 2.88. The van der Waals surface area contributed by atoms with Crippen LogP contribution in [-0.4, -0.2) is 37.2 Å². The molecule has 0 spiro atoms. The summed E-state index contributed by atoms with van der Waals surface area (Å²) in [5.41, 5.74) is 9.16. The second-order valence-electron chi connectivity index (χ2n) is 5.87. The minimum atomic E-state index is 0.173. The molecule has 1 heterocycles. The zero-order valence-electron chi connectivity index (χ0n) is 13.0. The number of methoxy groups -OCH3 is 1. The van der Waals surface area contributed by atoms with Crippen LogP contribution in [0.3, 0.4) is 0 Å². The lowest BCUT2D eigenvalue weighted by molar-refractivity contribution is 0.00888. The molecule has 3 nitrogen and oxygen atoms in total. The Morgan fingerprint density at radius 1 is 1.40 bits per heavy atom. The van der Waals surface area contributed by atoms with E-state index in [1.54, 1.807) is 0 Å². The first-order valence-corrected chi connectivity index (χ1v) is 7.75.